The van der Waals surface area contributed by atoms with Crippen molar-refractivity contribution in [2.24, 2.45) is 5.73 Å². The summed E-state index contributed by atoms with van der Waals surface area (Å²) in [5.41, 5.74) is 4.94. The molecule has 0 aromatic rings. The minimum absolute atomic E-state index is 0.0423. The van der Waals surface area contributed by atoms with Crippen LogP contribution in [0.1, 0.15) is 13.3 Å². The van der Waals surface area contributed by atoms with Crippen molar-refractivity contribution < 1.29 is 9.53 Å². The number of carbonyl (C=O) groups is 1. The van der Waals surface area contributed by atoms with Crippen molar-refractivity contribution in [3.05, 3.63) is 0 Å². The SMILES string of the molecule is CC(S)CC(=O)OCN. The highest BCUT2D eigenvalue weighted by atomic mass is 32.1. The molecule has 0 rings (SSSR count). The van der Waals surface area contributed by atoms with E-state index in [2.05, 4.69) is 17.4 Å². The topological polar surface area (TPSA) is 52.3 Å². The van der Waals surface area contributed by atoms with Gasteiger partial charge in [0.25, 0.3) is 0 Å². The second kappa shape index (κ2) is 4.64. The second-order valence-electron chi connectivity index (χ2n) is 1.74. The third kappa shape index (κ3) is 5.65. The van der Waals surface area contributed by atoms with Gasteiger partial charge in [0.05, 0.1) is 6.42 Å². The van der Waals surface area contributed by atoms with Crippen molar-refractivity contribution in [2.45, 2.75) is 18.6 Å². The van der Waals surface area contributed by atoms with Crippen LogP contribution in [-0.2, 0) is 9.53 Å². The van der Waals surface area contributed by atoms with Gasteiger partial charge in [0.1, 0.15) is 6.73 Å². The molecule has 0 saturated carbocycles. The van der Waals surface area contributed by atoms with Crippen molar-refractivity contribution in [3.63, 3.8) is 0 Å². The molecule has 54 valence electrons. The third-order valence-electron chi connectivity index (χ3n) is 0.706. The molecule has 2 N–H and O–H groups in total. The van der Waals surface area contributed by atoms with Crippen LogP contribution in [0.25, 0.3) is 0 Å². The molecule has 0 aromatic heterocycles. The Hall–Kier alpha value is -0.220. The fourth-order valence-corrected chi connectivity index (χ4v) is 0.542. The third-order valence-corrected chi connectivity index (χ3v) is 0.889. The predicted molar refractivity (Wildman–Crippen MR) is 38.2 cm³/mol. The first-order valence-corrected chi connectivity index (χ1v) is 3.22. The van der Waals surface area contributed by atoms with E-state index in [0.717, 1.165) is 0 Å². The Morgan fingerprint density at radius 2 is 2.44 bits per heavy atom. The summed E-state index contributed by atoms with van der Waals surface area (Å²) in [7, 11) is 0. The molecule has 0 fully saturated rings. The maximum absolute atomic E-state index is 10.5. The average molecular weight is 149 g/mol. The van der Waals surface area contributed by atoms with Gasteiger partial charge in [-0.15, -0.1) is 0 Å². The number of carbonyl (C=O) groups excluding carboxylic acids is 1. The van der Waals surface area contributed by atoms with Gasteiger partial charge < -0.3 is 4.74 Å². The van der Waals surface area contributed by atoms with Gasteiger partial charge in [0.2, 0.25) is 0 Å². The van der Waals surface area contributed by atoms with E-state index in [4.69, 9.17) is 5.73 Å². The predicted octanol–water partition coefficient (Wildman–Crippen LogP) is 0.154. The number of hydrogen-bond donors (Lipinski definition) is 2. The minimum atomic E-state index is -0.292. The lowest BCUT2D eigenvalue weighted by molar-refractivity contribution is -0.143. The molecular weight excluding hydrogens is 138 g/mol. The molecule has 4 heteroatoms. The summed E-state index contributed by atoms with van der Waals surface area (Å²) in [5, 5.41) is 0.0454. The van der Waals surface area contributed by atoms with E-state index in [1.54, 1.807) is 0 Å². The molecule has 0 aliphatic carbocycles. The van der Waals surface area contributed by atoms with Gasteiger partial charge in [-0.25, -0.2) is 0 Å². The van der Waals surface area contributed by atoms with Crippen LogP contribution in [0.4, 0.5) is 0 Å². The van der Waals surface area contributed by atoms with Crippen molar-refractivity contribution in [2.75, 3.05) is 6.73 Å². The zero-order valence-corrected chi connectivity index (χ0v) is 6.23. The normalized spacial score (nSPS) is 12.8. The molecular formula is C5H11NO2S. The monoisotopic (exact) mass is 149 g/mol. The second-order valence-corrected chi connectivity index (χ2v) is 2.62. The van der Waals surface area contributed by atoms with Gasteiger partial charge in [0.15, 0.2) is 0 Å². The van der Waals surface area contributed by atoms with E-state index >= 15 is 0 Å². The van der Waals surface area contributed by atoms with Crippen LogP contribution in [0, 0.1) is 0 Å². The van der Waals surface area contributed by atoms with Crippen LogP contribution < -0.4 is 5.73 Å². The minimum Gasteiger partial charge on any atom is -0.450 e. The lowest BCUT2D eigenvalue weighted by Crippen LogP contribution is -2.14. The maximum atomic E-state index is 10.5. The molecule has 0 bridgehead atoms. The first kappa shape index (κ1) is 8.78. The Bertz CT molecular complexity index is 95.0. The Labute approximate surface area is 60.0 Å². The molecule has 0 amide bonds. The van der Waals surface area contributed by atoms with E-state index in [1.165, 1.54) is 0 Å². The van der Waals surface area contributed by atoms with Gasteiger partial charge >= 0.3 is 5.97 Å². The van der Waals surface area contributed by atoms with E-state index < -0.39 is 0 Å². The number of thiol groups is 1. The fourth-order valence-electron chi connectivity index (χ4n) is 0.393. The van der Waals surface area contributed by atoms with E-state index in [-0.39, 0.29) is 18.0 Å². The number of nitrogens with two attached hydrogens (primary N) is 1. The van der Waals surface area contributed by atoms with Crippen LogP contribution in [0.3, 0.4) is 0 Å². The van der Waals surface area contributed by atoms with Gasteiger partial charge in [-0.05, 0) is 0 Å². The van der Waals surface area contributed by atoms with Gasteiger partial charge in [0, 0.05) is 5.25 Å². The van der Waals surface area contributed by atoms with Gasteiger partial charge in [-0.1, -0.05) is 6.92 Å². The van der Waals surface area contributed by atoms with E-state index in [1.807, 2.05) is 6.92 Å². The first-order chi connectivity index (χ1) is 4.16. The summed E-state index contributed by atoms with van der Waals surface area (Å²) in [6.45, 7) is 1.78. The van der Waals surface area contributed by atoms with Crippen LogP contribution in [0.5, 0.6) is 0 Å². The van der Waals surface area contributed by atoms with Crippen molar-refractivity contribution in [1.29, 1.82) is 0 Å². The zero-order chi connectivity index (χ0) is 7.28. The van der Waals surface area contributed by atoms with Crippen LogP contribution in [0.2, 0.25) is 0 Å². The standard InChI is InChI=1S/C5H11NO2S/c1-4(9)2-5(7)8-3-6/h4,9H,2-3,6H2,1H3. The molecule has 1 atom stereocenters. The number of ether oxygens (including phenoxy) is 1. The zero-order valence-electron chi connectivity index (χ0n) is 5.33. The highest BCUT2D eigenvalue weighted by Gasteiger charge is 2.03. The Balaban J connectivity index is 3.27. The summed E-state index contributed by atoms with van der Waals surface area (Å²) in [4.78, 5) is 10.5. The maximum Gasteiger partial charge on any atom is 0.308 e. The van der Waals surface area contributed by atoms with Crippen LogP contribution >= 0.6 is 12.6 Å². The fraction of sp³-hybridized carbons (Fsp3) is 0.800. The van der Waals surface area contributed by atoms with Crippen LogP contribution in [-0.4, -0.2) is 18.0 Å². The van der Waals surface area contributed by atoms with Crippen molar-refractivity contribution in [3.8, 4) is 0 Å². The summed E-state index contributed by atoms with van der Waals surface area (Å²) in [6, 6.07) is 0. The summed E-state index contributed by atoms with van der Waals surface area (Å²) < 4.78 is 4.44. The summed E-state index contributed by atoms with van der Waals surface area (Å²) in [5.74, 6) is -0.292. The summed E-state index contributed by atoms with van der Waals surface area (Å²) >= 11 is 3.99. The number of hydrogen-bond acceptors (Lipinski definition) is 4. The largest absolute Gasteiger partial charge is 0.450 e. The highest BCUT2D eigenvalue weighted by molar-refractivity contribution is 7.80. The van der Waals surface area contributed by atoms with E-state index in [0.29, 0.717) is 6.42 Å². The lowest BCUT2D eigenvalue weighted by Gasteiger charge is -2.01. The van der Waals surface area contributed by atoms with Crippen molar-refractivity contribution in [1.82, 2.24) is 0 Å². The molecule has 0 aromatic carbocycles. The molecule has 3 nitrogen and oxygen atoms in total. The quantitative estimate of drug-likeness (QED) is 0.341. The molecule has 0 aliphatic heterocycles. The molecule has 0 heterocycles. The number of esters is 1. The lowest BCUT2D eigenvalue weighted by atomic mass is 10.3. The molecule has 0 radical (unpaired) electrons. The molecule has 9 heavy (non-hydrogen) atoms. The van der Waals surface area contributed by atoms with E-state index in [9.17, 15) is 4.79 Å². The van der Waals surface area contributed by atoms with Gasteiger partial charge in [-0.2, -0.15) is 12.6 Å². The number of rotatable bonds is 3. The molecule has 0 saturated heterocycles. The molecule has 0 aliphatic rings. The van der Waals surface area contributed by atoms with Gasteiger partial charge in [-0.3, -0.25) is 10.5 Å². The smallest absolute Gasteiger partial charge is 0.308 e. The summed E-state index contributed by atoms with van der Waals surface area (Å²) in [6.07, 6.45) is 0.320. The Morgan fingerprint density at radius 1 is 1.89 bits per heavy atom. The molecule has 1 unspecified atom stereocenters. The van der Waals surface area contributed by atoms with Crippen LogP contribution in [0.15, 0.2) is 0 Å². The molecule has 0 spiro atoms. The Kier molecular flexibility index (Phi) is 4.53. The van der Waals surface area contributed by atoms with Crippen molar-refractivity contribution >= 4 is 18.6 Å². The average Bonchev–Trinajstić information content (AvgIpc) is 1.63. The highest BCUT2D eigenvalue weighted by Crippen LogP contribution is 1.99. The Morgan fingerprint density at radius 3 is 2.78 bits per heavy atom. The first-order valence-electron chi connectivity index (χ1n) is 2.70.